The van der Waals surface area contributed by atoms with Gasteiger partial charge in [-0.25, -0.2) is 0 Å². The van der Waals surface area contributed by atoms with Crippen molar-refractivity contribution in [2.75, 3.05) is 26.5 Å². The average molecular weight is 574 g/mol. The molecule has 0 unspecified atom stereocenters. The van der Waals surface area contributed by atoms with E-state index in [4.69, 9.17) is 9.47 Å². The number of carbonyl (C=O) groups is 1. The highest BCUT2D eigenvalue weighted by Crippen LogP contribution is 2.49. The molecule has 1 heterocycles. The van der Waals surface area contributed by atoms with Crippen LogP contribution in [0.2, 0.25) is 0 Å². The minimum Gasteiger partial charge on any atom is -0.485 e. The molecule has 3 aromatic carbocycles. The number of carbonyl (C=O) groups excluding carboxylic acids is 1. The summed E-state index contributed by atoms with van der Waals surface area (Å²) in [5.41, 5.74) is 10.9. The number of halogens is 1. The molecule has 0 aromatic heterocycles. The molecular formula is C28H32IO3P. The fraction of sp³-hybridized carbons (Fsp3) is 0.321. The molecule has 3 nitrogen and oxygen atoms in total. The van der Waals surface area contributed by atoms with Gasteiger partial charge in [-0.3, -0.25) is 4.79 Å². The van der Waals surface area contributed by atoms with E-state index in [1.807, 2.05) is 0 Å². The number of hydrogen-bond acceptors (Lipinski definition) is 3. The first-order valence-electron chi connectivity index (χ1n) is 11.0. The zero-order chi connectivity index (χ0) is 24.3. The Balaban J connectivity index is 0.000000709. The van der Waals surface area contributed by atoms with Crippen LogP contribution in [0.3, 0.4) is 0 Å². The normalized spacial score (nSPS) is 12.3. The van der Waals surface area contributed by atoms with Crippen molar-refractivity contribution < 1.29 is 14.3 Å². The van der Waals surface area contributed by atoms with E-state index in [0.717, 1.165) is 34.1 Å². The molecule has 0 N–H and O–H groups in total. The maximum Gasteiger partial charge on any atom is 0.173 e. The molecular weight excluding hydrogens is 542 g/mol. The second kappa shape index (κ2) is 11.0. The first kappa shape index (κ1) is 25.7. The Bertz CT molecular complexity index is 1180. The predicted molar refractivity (Wildman–Crippen MR) is 150 cm³/mol. The summed E-state index contributed by atoms with van der Waals surface area (Å²) < 4.78 is 12.0. The lowest BCUT2D eigenvalue weighted by Gasteiger charge is -2.27. The lowest BCUT2D eigenvalue weighted by atomic mass is 9.86. The number of fused-ring (bicyclic) bond motifs is 1. The molecule has 0 spiro atoms. The highest BCUT2D eigenvalue weighted by Gasteiger charge is 2.28. The van der Waals surface area contributed by atoms with Gasteiger partial charge >= 0.3 is 0 Å². The number of hydrogen-bond donors (Lipinski definition) is 0. The molecule has 0 atom stereocenters. The van der Waals surface area contributed by atoms with Crippen LogP contribution >= 0.6 is 27.6 Å². The zero-order valence-electron chi connectivity index (χ0n) is 20.5. The third-order valence-corrected chi connectivity index (χ3v) is 5.98. The van der Waals surface area contributed by atoms with E-state index in [9.17, 15) is 4.79 Å². The van der Waals surface area contributed by atoms with Gasteiger partial charge in [0.1, 0.15) is 13.2 Å². The highest BCUT2D eigenvalue weighted by atomic mass is 127. The van der Waals surface area contributed by atoms with Crippen LogP contribution in [0.4, 0.5) is 0 Å². The molecule has 0 radical (unpaired) electrons. The van der Waals surface area contributed by atoms with E-state index in [-0.39, 0.29) is 0 Å². The van der Waals surface area contributed by atoms with Crippen molar-refractivity contribution >= 4 is 33.9 Å². The van der Waals surface area contributed by atoms with Crippen LogP contribution in [-0.2, 0) is 0 Å². The number of rotatable bonds is 3. The summed E-state index contributed by atoms with van der Waals surface area (Å²) in [6, 6.07) is 12.8. The number of benzene rings is 3. The zero-order valence-corrected chi connectivity index (χ0v) is 23.6. The van der Waals surface area contributed by atoms with E-state index in [1.54, 1.807) is 0 Å². The molecule has 33 heavy (non-hydrogen) atoms. The van der Waals surface area contributed by atoms with Crippen molar-refractivity contribution in [1.29, 1.82) is 0 Å². The Morgan fingerprint density at radius 1 is 0.758 bits per heavy atom. The topological polar surface area (TPSA) is 35.5 Å². The van der Waals surface area contributed by atoms with Gasteiger partial charge in [-0.1, -0.05) is 58.4 Å². The Morgan fingerprint density at radius 3 is 1.67 bits per heavy atom. The molecule has 1 aliphatic heterocycles. The lowest BCUT2D eigenvalue weighted by Crippen LogP contribution is -2.18. The second-order valence-electron chi connectivity index (χ2n) is 8.65. The quantitative estimate of drug-likeness (QED) is 0.180. The summed E-state index contributed by atoms with van der Waals surface area (Å²) >= 11 is 2.41. The van der Waals surface area contributed by atoms with Gasteiger partial charge in [0, 0.05) is 5.56 Å². The van der Waals surface area contributed by atoms with E-state index >= 15 is 0 Å². The molecule has 0 fully saturated rings. The van der Waals surface area contributed by atoms with E-state index < -0.39 is 0 Å². The standard InChI is InChI=1S/C26H26O3.C2H6IP/c1-15-6-8-20(12-17(15)3)23-19(5)24(21-9-7-16(2)18(4)13-21)26-25(22(23)14-27)28-10-11-29-26;1-4(2)3/h6-9,12-14H,10-11H2,1-5H3;1-2H3. The Labute approximate surface area is 212 Å². The summed E-state index contributed by atoms with van der Waals surface area (Å²) in [5.74, 6) is 1.23. The third kappa shape index (κ3) is 5.60. The smallest absolute Gasteiger partial charge is 0.173 e. The molecule has 1 aliphatic rings. The van der Waals surface area contributed by atoms with Gasteiger partial charge in [-0.15, -0.1) is 0 Å². The van der Waals surface area contributed by atoms with Gasteiger partial charge in [0.15, 0.2) is 17.8 Å². The Morgan fingerprint density at radius 2 is 1.21 bits per heavy atom. The monoisotopic (exact) mass is 574 g/mol. The maximum absolute atomic E-state index is 12.2. The first-order chi connectivity index (χ1) is 15.6. The Hall–Kier alpha value is -1.91. The summed E-state index contributed by atoms with van der Waals surface area (Å²) in [6.45, 7) is 15.8. The summed E-state index contributed by atoms with van der Waals surface area (Å²) in [5, 5.41) is 0. The largest absolute Gasteiger partial charge is 0.485 e. The van der Waals surface area contributed by atoms with Crippen LogP contribution in [0, 0.1) is 34.6 Å². The van der Waals surface area contributed by atoms with Crippen molar-refractivity contribution in [2.45, 2.75) is 34.6 Å². The number of ether oxygens (including phenoxy) is 2. The molecule has 0 saturated heterocycles. The molecule has 174 valence electrons. The van der Waals surface area contributed by atoms with Crippen molar-refractivity contribution in [3.63, 3.8) is 0 Å². The molecule has 0 saturated carbocycles. The second-order valence-corrected chi connectivity index (χ2v) is 16.0. The predicted octanol–water partition coefficient (Wildman–Crippen LogP) is 8.22. The molecule has 5 heteroatoms. The van der Waals surface area contributed by atoms with E-state index in [2.05, 4.69) is 106 Å². The fourth-order valence-corrected chi connectivity index (χ4v) is 4.04. The molecule has 0 aliphatic carbocycles. The number of aryl methyl sites for hydroxylation is 4. The summed E-state index contributed by atoms with van der Waals surface area (Å²) in [4.78, 5) is 12.2. The van der Waals surface area contributed by atoms with Crippen LogP contribution in [0.15, 0.2) is 36.4 Å². The van der Waals surface area contributed by atoms with Gasteiger partial charge in [0.2, 0.25) is 0 Å². The van der Waals surface area contributed by atoms with Gasteiger partial charge in [-0.2, -0.15) is 0 Å². The van der Waals surface area contributed by atoms with Crippen molar-refractivity contribution in [1.82, 2.24) is 0 Å². The molecule has 3 aromatic rings. The van der Waals surface area contributed by atoms with E-state index in [0.29, 0.717) is 35.8 Å². The van der Waals surface area contributed by atoms with Crippen molar-refractivity contribution in [2.24, 2.45) is 0 Å². The SMILES string of the molecule is CP(C)I.Cc1ccc(-c2c(C)c(-c3ccc(C)c(C)c3)c3c(c2C=O)OCCO3)cc1C. The van der Waals surface area contributed by atoms with Crippen LogP contribution in [0.25, 0.3) is 22.3 Å². The lowest BCUT2D eigenvalue weighted by molar-refractivity contribution is 0.111. The van der Waals surface area contributed by atoms with E-state index in [1.165, 1.54) is 22.3 Å². The van der Waals surface area contributed by atoms with Gasteiger partial charge < -0.3 is 9.47 Å². The molecule has 0 bridgehead atoms. The molecule has 4 rings (SSSR count). The fourth-order valence-electron chi connectivity index (χ4n) is 4.04. The van der Waals surface area contributed by atoms with Crippen molar-refractivity contribution in [3.8, 4) is 33.8 Å². The van der Waals surface area contributed by atoms with Crippen molar-refractivity contribution in [3.05, 3.63) is 69.8 Å². The van der Waals surface area contributed by atoms with Gasteiger partial charge in [0.05, 0.1) is 5.56 Å². The van der Waals surface area contributed by atoms with Crippen LogP contribution < -0.4 is 9.47 Å². The third-order valence-electron chi connectivity index (χ3n) is 5.98. The van der Waals surface area contributed by atoms with Crippen LogP contribution in [0.1, 0.15) is 38.2 Å². The van der Waals surface area contributed by atoms with Gasteiger partial charge in [-0.05, 0) is 98.0 Å². The molecule has 0 amide bonds. The highest BCUT2D eigenvalue weighted by molar-refractivity contribution is 14.2. The van der Waals surface area contributed by atoms with Crippen LogP contribution in [-0.4, -0.2) is 32.8 Å². The summed E-state index contributed by atoms with van der Waals surface area (Å²) in [6.07, 6.45) is 0.898. The van der Waals surface area contributed by atoms with Crippen LogP contribution in [0.5, 0.6) is 11.5 Å². The number of aldehydes is 1. The maximum atomic E-state index is 12.2. The minimum absolute atomic E-state index is 0.350. The summed E-state index contributed by atoms with van der Waals surface area (Å²) in [7, 11) is 0. The average Bonchev–Trinajstić information content (AvgIpc) is 2.76. The first-order valence-corrected chi connectivity index (χ1v) is 16.1. The minimum atomic E-state index is 0.350. The Kier molecular flexibility index (Phi) is 8.58. The van der Waals surface area contributed by atoms with Gasteiger partial charge in [0.25, 0.3) is 0 Å².